The Balaban J connectivity index is 2.50. The molecule has 1 unspecified atom stereocenters. The zero-order chi connectivity index (χ0) is 13.4. The third kappa shape index (κ3) is 4.56. The molecule has 1 amide bonds. The second-order valence-corrected chi connectivity index (χ2v) is 4.33. The highest BCUT2D eigenvalue weighted by molar-refractivity contribution is 5.90. The molecule has 0 saturated heterocycles. The molecular formula is C14H19N3O. The van der Waals surface area contributed by atoms with Crippen molar-refractivity contribution < 1.29 is 4.79 Å². The van der Waals surface area contributed by atoms with Crippen molar-refractivity contribution in [1.82, 2.24) is 0 Å². The van der Waals surface area contributed by atoms with E-state index in [1.165, 1.54) is 0 Å². The number of benzene rings is 1. The van der Waals surface area contributed by atoms with Crippen LogP contribution in [0.25, 0.3) is 0 Å². The summed E-state index contributed by atoms with van der Waals surface area (Å²) in [6.45, 7) is 2.62. The Bertz CT molecular complexity index is 420. The van der Waals surface area contributed by atoms with E-state index in [2.05, 4.69) is 12.2 Å². The summed E-state index contributed by atoms with van der Waals surface area (Å²) < 4.78 is 0. The summed E-state index contributed by atoms with van der Waals surface area (Å²) in [6, 6.07) is 8.86. The largest absolute Gasteiger partial charge is 0.330 e. The first-order chi connectivity index (χ1) is 8.69. The van der Waals surface area contributed by atoms with Gasteiger partial charge in [-0.05, 0) is 43.1 Å². The minimum atomic E-state index is -0.0244. The maximum Gasteiger partial charge on any atom is 0.224 e. The average molecular weight is 245 g/mol. The van der Waals surface area contributed by atoms with Crippen LogP contribution >= 0.6 is 0 Å². The Morgan fingerprint density at radius 2 is 2.11 bits per heavy atom. The first-order valence-electron chi connectivity index (χ1n) is 6.19. The maximum absolute atomic E-state index is 11.8. The Morgan fingerprint density at radius 3 is 2.61 bits per heavy atom. The molecule has 0 spiro atoms. The Kier molecular flexibility index (Phi) is 5.89. The number of carbonyl (C=O) groups excluding carboxylic acids is 1. The minimum absolute atomic E-state index is 0.0244. The van der Waals surface area contributed by atoms with E-state index in [9.17, 15) is 4.79 Å². The SMILES string of the molecule is CCCC(CN)CC(=O)Nc1ccc(C#N)cc1. The van der Waals surface area contributed by atoms with Crippen LogP contribution in [0.2, 0.25) is 0 Å². The molecular weight excluding hydrogens is 226 g/mol. The van der Waals surface area contributed by atoms with Gasteiger partial charge in [-0.2, -0.15) is 5.26 Å². The van der Waals surface area contributed by atoms with Crippen LogP contribution in [0.15, 0.2) is 24.3 Å². The number of anilines is 1. The van der Waals surface area contributed by atoms with E-state index < -0.39 is 0 Å². The van der Waals surface area contributed by atoms with Crippen molar-refractivity contribution in [1.29, 1.82) is 5.26 Å². The molecule has 0 heterocycles. The van der Waals surface area contributed by atoms with Gasteiger partial charge >= 0.3 is 0 Å². The molecule has 0 aliphatic heterocycles. The number of hydrogen-bond donors (Lipinski definition) is 2. The standard InChI is InChI=1S/C14H19N3O/c1-2-3-12(10-16)8-14(18)17-13-6-4-11(9-15)5-7-13/h4-7,12H,2-3,8,10,16H2,1H3,(H,17,18). The zero-order valence-electron chi connectivity index (χ0n) is 10.6. The molecule has 0 bridgehead atoms. The smallest absolute Gasteiger partial charge is 0.224 e. The second-order valence-electron chi connectivity index (χ2n) is 4.33. The van der Waals surface area contributed by atoms with Gasteiger partial charge in [-0.3, -0.25) is 4.79 Å². The molecule has 0 radical (unpaired) electrons. The summed E-state index contributed by atoms with van der Waals surface area (Å²) in [5.74, 6) is 0.219. The van der Waals surface area contributed by atoms with Crippen molar-refractivity contribution in [2.45, 2.75) is 26.2 Å². The average Bonchev–Trinajstić information content (AvgIpc) is 2.39. The van der Waals surface area contributed by atoms with Gasteiger partial charge in [0.15, 0.2) is 0 Å². The number of carbonyl (C=O) groups is 1. The summed E-state index contributed by atoms with van der Waals surface area (Å²) in [7, 11) is 0. The summed E-state index contributed by atoms with van der Waals surface area (Å²) in [5.41, 5.74) is 6.92. The van der Waals surface area contributed by atoms with Crippen LogP contribution in [0.5, 0.6) is 0 Å². The van der Waals surface area contributed by atoms with E-state index in [1.54, 1.807) is 24.3 Å². The van der Waals surface area contributed by atoms with E-state index in [-0.39, 0.29) is 11.8 Å². The third-order valence-electron chi connectivity index (χ3n) is 2.80. The molecule has 4 nitrogen and oxygen atoms in total. The van der Waals surface area contributed by atoms with E-state index in [0.717, 1.165) is 12.8 Å². The van der Waals surface area contributed by atoms with Crippen LogP contribution in [-0.4, -0.2) is 12.5 Å². The lowest BCUT2D eigenvalue weighted by atomic mass is 9.99. The third-order valence-corrected chi connectivity index (χ3v) is 2.80. The first kappa shape index (κ1) is 14.2. The van der Waals surface area contributed by atoms with Gasteiger partial charge in [-0.15, -0.1) is 0 Å². The highest BCUT2D eigenvalue weighted by atomic mass is 16.1. The molecule has 18 heavy (non-hydrogen) atoms. The van der Waals surface area contributed by atoms with Gasteiger partial charge < -0.3 is 11.1 Å². The summed E-state index contributed by atoms with van der Waals surface area (Å²) >= 11 is 0. The normalized spacial score (nSPS) is 11.6. The molecule has 96 valence electrons. The molecule has 0 saturated carbocycles. The number of nitrogens with zero attached hydrogens (tertiary/aromatic N) is 1. The number of rotatable bonds is 6. The van der Waals surface area contributed by atoms with Gasteiger partial charge in [0.25, 0.3) is 0 Å². The monoisotopic (exact) mass is 245 g/mol. The molecule has 1 rings (SSSR count). The Morgan fingerprint density at radius 1 is 1.44 bits per heavy atom. The number of nitrogens with one attached hydrogen (secondary N) is 1. The quantitative estimate of drug-likeness (QED) is 0.806. The van der Waals surface area contributed by atoms with Crippen molar-refractivity contribution >= 4 is 11.6 Å². The number of hydrogen-bond acceptors (Lipinski definition) is 3. The van der Waals surface area contributed by atoms with Gasteiger partial charge in [0.05, 0.1) is 11.6 Å². The second kappa shape index (κ2) is 7.46. The molecule has 4 heteroatoms. The van der Waals surface area contributed by atoms with Crippen molar-refractivity contribution in [2.24, 2.45) is 11.7 Å². The van der Waals surface area contributed by atoms with Crippen LogP contribution in [-0.2, 0) is 4.79 Å². The highest BCUT2D eigenvalue weighted by Crippen LogP contribution is 2.13. The highest BCUT2D eigenvalue weighted by Gasteiger charge is 2.11. The lowest BCUT2D eigenvalue weighted by Crippen LogP contribution is -2.22. The molecule has 0 aliphatic carbocycles. The fourth-order valence-electron chi connectivity index (χ4n) is 1.81. The summed E-state index contributed by atoms with van der Waals surface area (Å²) in [5, 5.41) is 11.5. The zero-order valence-corrected chi connectivity index (χ0v) is 10.6. The van der Waals surface area contributed by atoms with Gasteiger partial charge in [-0.1, -0.05) is 13.3 Å². The molecule has 3 N–H and O–H groups in total. The van der Waals surface area contributed by atoms with Gasteiger partial charge in [-0.25, -0.2) is 0 Å². The van der Waals surface area contributed by atoms with Crippen LogP contribution < -0.4 is 11.1 Å². The van der Waals surface area contributed by atoms with Crippen LogP contribution in [0.1, 0.15) is 31.7 Å². The van der Waals surface area contributed by atoms with Crippen LogP contribution in [0.4, 0.5) is 5.69 Å². The van der Waals surface area contributed by atoms with Crippen molar-refractivity contribution in [3.05, 3.63) is 29.8 Å². The van der Waals surface area contributed by atoms with Gasteiger partial charge in [0, 0.05) is 12.1 Å². The lowest BCUT2D eigenvalue weighted by molar-refractivity contribution is -0.117. The van der Waals surface area contributed by atoms with E-state index in [0.29, 0.717) is 24.2 Å². The molecule has 1 atom stereocenters. The number of nitrogens with two attached hydrogens (primary N) is 1. The predicted molar refractivity (Wildman–Crippen MR) is 71.9 cm³/mol. The number of nitriles is 1. The number of amides is 1. The molecule has 1 aromatic rings. The van der Waals surface area contributed by atoms with Crippen molar-refractivity contribution in [3.63, 3.8) is 0 Å². The predicted octanol–water partition coefficient (Wildman–Crippen LogP) is 2.26. The van der Waals surface area contributed by atoms with Crippen molar-refractivity contribution in [3.8, 4) is 6.07 Å². The summed E-state index contributed by atoms with van der Waals surface area (Å²) in [4.78, 5) is 11.8. The molecule has 1 aromatic carbocycles. The maximum atomic E-state index is 11.8. The van der Waals surface area contributed by atoms with E-state index in [1.807, 2.05) is 6.07 Å². The first-order valence-corrected chi connectivity index (χ1v) is 6.19. The van der Waals surface area contributed by atoms with Crippen LogP contribution in [0.3, 0.4) is 0 Å². The van der Waals surface area contributed by atoms with Crippen LogP contribution in [0, 0.1) is 17.2 Å². The van der Waals surface area contributed by atoms with Gasteiger partial charge in [0.2, 0.25) is 5.91 Å². The Hall–Kier alpha value is -1.86. The lowest BCUT2D eigenvalue weighted by Gasteiger charge is -2.13. The van der Waals surface area contributed by atoms with E-state index >= 15 is 0 Å². The summed E-state index contributed by atoms with van der Waals surface area (Å²) in [6.07, 6.45) is 2.45. The molecule has 0 aliphatic rings. The fraction of sp³-hybridized carbons (Fsp3) is 0.429. The van der Waals surface area contributed by atoms with E-state index in [4.69, 9.17) is 11.0 Å². The minimum Gasteiger partial charge on any atom is -0.330 e. The topological polar surface area (TPSA) is 78.9 Å². The van der Waals surface area contributed by atoms with Gasteiger partial charge in [0.1, 0.15) is 0 Å². The molecule has 0 fully saturated rings. The van der Waals surface area contributed by atoms with Crippen molar-refractivity contribution in [2.75, 3.05) is 11.9 Å². The Labute approximate surface area is 108 Å². The fourth-order valence-corrected chi connectivity index (χ4v) is 1.81. The molecule has 0 aromatic heterocycles.